The monoisotopic (exact) mass is 446 g/mol. The van der Waals surface area contributed by atoms with E-state index in [-0.39, 0.29) is 3.42 Å². The van der Waals surface area contributed by atoms with Crippen molar-refractivity contribution in [1.29, 1.82) is 0 Å². The van der Waals surface area contributed by atoms with Crippen LogP contribution in [-0.2, 0) is 3.42 Å². The molecule has 4 aromatic rings. The van der Waals surface area contributed by atoms with E-state index >= 15 is 0 Å². The van der Waals surface area contributed by atoms with Gasteiger partial charge in [-0.15, -0.1) is 0 Å². The normalized spacial score (nSPS) is 11.3. The molecule has 0 aliphatic rings. The molecule has 0 radical (unpaired) electrons. The quantitative estimate of drug-likeness (QED) is 0.179. The fourth-order valence-electron chi connectivity index (χ4n) is 3.47. The van der Waals surface area contributed by atoms with Gasteiger partial charge in [0, 0.05) is 0 Å². The third-order valence-corrected chi connectivity index (χ3v) is 6.55. The number of hydrogen-bond donors (Lipinski definition) is 0. The van der Waals surface area contributed by atoms with E-state index in [1.807, 2.05) is 0 Å². The average molecular weight is 446 g/mol. The van der Waals surface area contributed by atoms with E-state index in [1.165, 1.54) is 27.8 Å². The Labute approximate surface area is 168 Å². The van der Waals surface area contributed by atoms with Gasteiger partial charge in [0.15, 0.2) is 0 Å². The second kappa shape index (κ2) is 7.46. The molecule has 0 fully saturated rings. The van der Waals surface area contributed by atoms with Gasteiger partial charge in [-0.1, -0.05) is 138 Å². The van der Waals surface area contributed by atoms with Gasteiger partial charge in [-0.2, -0.15) is 0 Å². The number of benzene rings is 4. The highest BCUT2D eigenvalue weighted by Crippen LogP contribution is 2.48. The van der Waals surface area contributed by atoms with Crippen LogP contribution in [0.1, 0.15) is 16.7 Å². The molecule has 0 N–H and O–H groups in total. The Balaban J connectivity index is 2.01. The van der Waals surface area contributed by atoms with Crippen LogP contribution >= 0.6 is 22.6 Å². The molecule has 0 saturated heterocycles. The van der Waals surface area contributed by atoms with Gasteiger partial charge in [0.25, 0.3) is 0 Å². The second-order valence-corrected chi connectivity index (χ2v) is 7.92. The molecule has 0 aliphatic carbocycles. The molecule has 0 nitrogen and oxygen atoms in total. The van der Waals surface area contributed by atoms with Gasteiger partial charge >= 0.3 is 0 Å². The van der Waals surface area contributed by atoms with Crippen molar-refractivity contribution in [2.75, 3.05) is 0 Å². The highest BCUT2D eigenvalue weighted by Gasteiger charge is 2.35. The van der Waals surface area contributed by atoms with Crippen LogP contribution in [-0.4, -0.2) is 0 Å². The molecule has 0 aromatic heterocycles. The zero-order valence-electron chi connectivity index (χ0n) is 14.3. The first-order valence-corrected chi connectivity index (χ1v) is 9.83. The Hall–Kier alpha value is -2.39. The topological polar surface area (TPSA) is 0 Å². The summed E-state index contributed by atoms with van der Waals surface area (Å²) >= 11 is 2.62. The van der Waals surface area contributed by atoms with E-state index in [2.05, 4.69) is 138 Å². The van der Waals surface area contributed by atoms with Crippen LogP contribution < -0.4 is 0 Å². The van der Waals surface area contributed by atoms with Crippen molar-refractivity contribution in [1.82, 2.24) is 0 Å². The van der Waals surface area contributed by atoms with Crippen LogP contribution in [0.4, 0.5) is 0 Å². The van der Waals surface area contributed by atoms with Gasteiger partial charge < -0.3 is 0 Å². The van der Waals surface area contributed by atoms with E-state index in [9.17, 15) is 0 Å². The zero-order valence-corrected chi connectivity index (χ0v) is 16.5. The Kier molecular flexibility index (Phi) is 4.89. The molecular weight excluding hydrogens is 427 g/mol. The van der Waals surface area contributed by atoms with E-state index < -0.39 is 0 Å². The van der Waals surface area contributed by atoms with Gasteiger partial charge in [-0.05, 0) is 27.8 Å². The number of alkyl halides is 1. The predicted molar refractivity (Wildman–Crippen MR) is 119 cm³/mol. The summed E-state index contributed by atoms with van der Waals surface area (Å²) < 4.78 is -0.257. The van der Waals surface area contributed by atoms with Gasteiger partial charge in [0.2, 0.25) is 0 Å². The maximum atomic E-state index is 2.62. The summed E-state index contributed by atoms with van der Waals surface area (Å²) in [6, 6.07) is 40.9. The van der Waals surface area contributed by atoms with Crippen LogP contribution in [0.3, 0.4) is 0 Å². The summed E-state index contributed by atoms with van der Waals surface area (Å²) in [6.07, 6.45) is 0. The number of rotatable bonds is 4. The van der Waals surface area contributed by atoms with E-state index in [1.54, 1.807) is 0 Å². The molecule has 0 aliphatic heterocycles. The largest absolute Gasteiger partial charge is 0.0974 e. The average Bonchev–Trinajstić information content (AvgIpc) is 2.75. The minimum Gasteiger partial charge on any atom is -0.0630 e. The Morgan fingerprint density at radius 2 is 0.885 bits per heavy atom. The Morgan fingerprint density at radius 3 is 1.42 bits per heavy atom. The van der Waals surface area contributed by atoms with Crippen molar-refractivity contribution < 1.29 is 0 Å². The van der Waals surface area contributed by atoms with Gasteiger partial charge in [-0.25, -0.2) is 0 Å². The van der Waals surface area contributed by atoms with Crippen LogP contribution in [0.25, 0.3) is 11.1 Å². The third kappa shape index (κ3) is 3.08. The van der Waals surface area contributed by atoms with Gasteiger partial charge in [0.05, 0.1) is 3.42 Å². The van der Waals surface area contributed by atoms with Crippen molar-refractivity contribution >= 4 is 22.6 Å². The van der Waals surface area contributed by atoms with Crippen molar-refractivity contribution in [3.8, 4) is 11.1 Å². The minimum atomic E-state index is -0.257. The molecular formula is C25H19I. The van der Waals surface area contributed by atoms with Crippen LogP contribution in [0.15, 0.2) is 115 Å². The summed E-state index contributed by atoms with van der Waals surface area (Å²) in [5.41, 5.74) is 6.40. The molecule has 1 heteroatoms. The fraction of sp³-hybridized carbons (Fsp3) is 0.0400. The standard InChI is InChI=1S/C25H19I/c26-25(21-14-6-2-7-15-21,22-16-8-3-9-17-22)24-19-11-10-18-23(24)20-12-4-1-5-13-20/h1-19H. The highest BCUT2D eigenvalue weighted by atomic mass is 127. The molecule has 4 aromatic carbocycles. The lowest BCUT2D eigenvalue weighted by atomic mass is 9.81. The van der Waals surface area contributed by atoms with Crippen molar-refractivity contribution in [2.24, 2.45) is 0 Å². The van der Waals surface area contributed by atoms with E-state index in [4.69, 9.17) is 0 Å². The summed E-state index contributed by atoms with van der Waals surface area (Å²) in [7, 11) is 0. The number of hydrogen-bond acceptors (Lipinski definition) is 0. The van der Waals surface area contributed by atoms with Gasteiger partial charge in [0.1, 0.15) is 0 Å². The van der Waals surface area contributed by atoms with Gasteiger partial charge in [-0.3, -0.25) is 0 Å². The Morgan fingerprint density at radius 1 is 0.462 bits per heavy atom. The molecule has 0 heterocycles. The predicted octanol–water partition coefficient (Wildman–Crippen LogP) is 7.08. The molecule has 0 amide bonds. The summed E-state index contributed by atoms with van der Waals surface area (Å²) in [6.45, 7) is 0. The third-order valence-electron chi connectivity index (χ3n) is 4.73. The molecule has 0 unspecified atom stereocenters. The van der Waals surface area contributed by atoms with E-state index in [0.29, 0.717) is 0 Å². The second-order valence-electron chi connectivity index (χ2n) is 6.30. The van der Waals surface area contributed by atoms with Crippen LogP contribution in [0, 0.1) is 0 Å². The molecule has 0 spiro atoms. The first-order chi connectivity index (χ1) is 12.8. The first-order valence-electron chi connectivity index (χ1n) is 8.75. The fourth-order valence-corrected chi connectivity index (χ4v) is 4.66. The van der Waals surface area contributed by atoms with Crippen molar-refractivity contribution in [2.45, 2.75) is 3.42 Å². The lowest BCUT2D eigenvalue weighted by Gasteiger charge is -2.32. The maximum Gasteiger partial charge on any atom is 0.0974 e. The summed E-state index contributed by atoms with van der Waals surface area (Å²) in [4.78, 5) is 0. The number of halogens is 1. The van der Waals surface area contributed by atoms with E-state index in [0.717, 1.165) is 0 Å². The molecule has 4 rings (SSSR count). The molecule has 0 atom stereocenters. The molecule has 0 bridgehead atoms. The minimum absolute atomic E-state index is 0.257. The lowest BCUT2D eigenvalue weighted by Crippen LogP contribution is -2.22. The van der Waals surface area contributed by atoms with Crippen LogP contribution in [0.2, 0.25) is 0 Å². The summed E-state index contributed by atoms with van der Waals surface area (Å²) in [5.74, 6) is 0. The zero-order chi connectivity index (χ0) is 17.8. The lowest BCUT2D eigenvalue weighted by molar-refractivity contribution is 0.942. The van der Waals surface area contributed by atoms with Crippen LogP contribution in [0.5, 0.6) is 0 Å². The first kappa shape index (κ1) is 17.0. The van der Waals surface area contributed by atoms with Crippen molar-refractivity contribution in [3.05, 3.63) is 132 Å². The SMILES string of the molecule is IC(c1ccccc1)(c1ccccc1)c1ccccc1-c1ccccc1. The molecule has 26 heavy (non-hydrogen) atoms. The summed E-state index contributed by atoms with van der Waals surface area (Å²) in [5, 5.41) is 0. The Bertz CT molecular complexity index is 937. The van der Waals surface area contributed by atoms with Crippen molar-refractivity contribution in [3.63, 3.8) is 0 Å². The maximum absolute atomic E-state index is 2.62. The smallest absolute Gasteiger partial charge is 0.0630 e. The molecule has 126 valence electrons. The molecule has 0 saturated carbocycles. The highest BCUT2D eigenvalue weighted by molar-refractivity contribution is 14.1.